The lowest BCUT2D eigenvalue weighted by Crippen LogP contribution is -2.46. The maximum atomic E-state index is 12.6. The van der Waals surface area contributed by atoms with Crippen molar-refractivity contribution < 1.29 is 19.0 Å². The largest absolute Gasteiger partial charge is 0.497 e. The molecule has 1 unspecified atom stereocenters. The van der Waals surface area contributed by atoms with Gasteiger partial charge in [0.25, 0.3) is 5.91 Å². The van der Waals surface area contributed by atoms with Crippen LogP contribution in [0.25, 0.3) is 0 Å². The zero-order valence-electron chi connectivity index (χ0n) is 13.7. The summed E-state index contributed by atoms with van der Waals surface area (Å²) in [7, 11) is 6.98. The molecule has 1 atom stereocenters. The van der Waals surface area contributed by atoms with Crippen LogP contribution in [0.1, 0.15) is 10.4 Å². The molecule has 0 saturated carbocycles. The first-order valence-corrected chi connectivity index (χ1v) is 7.32. The number of carbonyl (C=O) groups is 1. The van der Waals surface area contributed by atoms with Crippen LogP contribution in [0.5, 0.6) is 11.5 Å². The van der Waals surface area contributed by atoms with E-state index in [9.17, 15) is 4.79 Å². The highest BCUT2D eigenvalue weighted by molar-refractivity contribution is 5.95. The Kier molecular flexibility index (Phi) is 5.63. The summed E-state index contributed by atoms with van der Waals surface area (Å²) in [5, 5.41) is 0. The molecule has 1 heterocycles. The van der Waals surface area contributed by atoms with E-state index in [0.717, 1.165) is 13.1 Å². The Labute approximate surface area is 131 Å². The molecule has 0 radical (unpaired) electrons. The summed E-state index contributed by atoms with van der Waals surface area (Å²) in [5.41, 5.74) is 0.544. The van der Waals surface area contributed by atoms with E-state index in [-0.39, 0.29) is 12.0 Å². The van der Waals surface area contributed by atoms with E-state index in [2.05, 4.69) is 11.9 Å². The number of likely N-dealkylation sites (N-methyl/N-ethyl adjacent to an activating group) is 2. The molecule has 0 N–H and O–H groups in total. The van der Waals surface area contributed by atoms with Crippen LogP contribution in [0.15, 0.2) is 18.2 Å². The molecule has 1 fully saturated rings. The van der Waals surface area contributed by atoms with E-state index in [1.165, 1.54) is 0 Å². The van der Waals surface area contributed by atoms with E-state index in [4.69, 9.17) is 14.2 Å². The van der Waals surface area contributed by atoms with Crippen LogP contribution in [0.4, 0.5) is 0 Å². The first-order valence-electron chi connectivity index (χ1n) is 7.32. The van der Waals surface area contributed by atoms with Gasteiger partial charge in [0.05, 0.1) is 26.9 Å². The van der Waals surface area contributed by atoms with Crippen molar-refractivity contribution in [2.45, 2.75) is 6.10 Å². The van der Waals surface area contributed by atoms with Gasteiger partial charge in [0.15, 0.2) is 0 Å². The standard InChI is InChI=1S/C16H24N2O4/c1-17-5-6-22-15(10-17)11-18(2)16(19)12-7-13(20-3)9-14(8-12)21-4/h7-9,15H,5-6,10-11H2,1-4H3. The van der Waals surface area contributed by atoms with Crippen LogP contribution in [-0.4, -0.2) is 76.4 Å². The fraction of sp³-hybridized carbons (Fsp3) is 0.562. The third-order valence-corrected chi connectivity index (χ3v) is 3.76. The highest BCUT2D eigenvalue weighted by Crippen LogP contribution is 2.23. The Balaban J connectivity index is 2.06. The van der Waals surface area contributed by atoms with Crippen molar-refractivity contribution in [3.63, 3.8) is 0 Å². The fourth-order valence-electron chi connectivity index (χ4n) is 2.52. The number of methoxy groups -OCH3 is 2. The van der Waals surface area contributed by atoms with Crippen molar-refractivity contribution in [3.8, 4) is 11.5 Å². The van der Waals surface area contributed by atoms with Gasteiger partial charge in [0.1, 0.15) is 11.5 Å². The summed E-state index contributed by atoms with van der Waals surface area (Å²) in [4.78, 5) is 16.5. The third kappa shape index (κ3) is 4.11. The molecule has 0 aromatic heterocycles. The SMILES string of the molecule is COc1cc(OC)cc(C(=O)N(C)CC2CN(C)CCO2)c1. The van der Waals surface area contributed by atoms with Gasteiger partial charge in [0, 0.05) is 38.3 Å². The van der Waals surface area contributed by atoms with Crippen molar-refractivity contribution in [3.05, 3.63) is 23.8 Å². The van der Waals surface area contributed by atoms with Gasteiger partial charge in [-0.15, -0.1) is 0 Å². The van der Waals surface area contributed by atoms with E-state index in [1.807, 2.05) is 0 Å². The quantitative estimate of drug-likeness (QED) is 0.815. The zero-order chi connectivity index (χ0) is 16.1. The smallest absolute Gasteiger partial charge is 0.253 e. The molecule has 2 rings (SSSR count). The van der Waals surface area contributed by atoms with Gasteiger partial charge in [-0.3, -0.25) is 4.79 Å². The van der Waals surface area contributed by atoms with Crippen molar-refractivity contribution in [2.24, 2.45) is 0 Å². The van der Waals surface area contributed by atoms with E-state index in [0.29, 0.717) is 30.2 Å². The average molecular weight is 308 g/mol. The highest BCUT2D eigenvalue weighted by atomic mass is 16.5. The summed E-state index contributed by atoms with van der Waals surface area (Å²) in [5.74, 6) is 1.13. The molecule has 1 aromatic carbocycles. The zero-order valence-corrected chi connectivity index (χ0v) is 13.7. The summed E-state index contributed by atoms with van der Waals surface area (Å²) < 4.78 is 16.1. The number of amides is 1. The van der Waals surface area contributed by atoms with E-state index < -0.39 is 0 Å². The van der Waals surface area contributed by atoms with Gasteiger partial charge in [-0.25, -0.2) is 0 Å². The minimum absolute atomic E-state index is 0.0419. The summed E-state index contributed by atoms with van der Waals surface area (Å²) in [6.45, 7) is 3.03. The molecular formula is C16H24N2O4. The number of hydrogen-bond donors (Lipinski definition) is 0. The molecule has 22 heavy (non-hydrogen) atoms. The van der Waals surface area contributed by atoms with Crippen LogP contribution in [0.3, 0.4) is 0 Å². The Morgan fingerprint density at radius 3 is 2.50 bits per heavy atom. The van der Waals surface area contributed by atoms with Crippen LogP contribution in [0, 0.1) is 0 Å². The molecule has 0 spiro atoms. The normalized spacial score (nSPS) is 18.8. The summed E-state index contributed by atoms with van der Waals surface area (Å²) >= 11 is 0. The van der Waals surface area contributed by atoms with Crippen molar-refractivity contribution >= 4 is 5.91 Å². The maximum Gasteiger partial charge on any atom is 0.253 e. The van der Waals surface area contributed by atoms with Crippen LogP contribution in [0.2, 0.25) is 0 Å². The van der Waals surface area contributed by atoms with Gasteiger partial charge in [-0.2, -0.15) is 0 Å². The van der Waals surface area contributed by atoms with Crippen molar-refractivity contribution in [2.75, 3.05) is 54.6 Å². The number of rotatable bonds is 5. The van der Waals surface area contributed by atoms with E-state index >= 15 is 0 Å². The lowest BCUT2D eigenvalue weighted by Gasteiger charge is -2.32. The average Bonchev–Trinajstić information content (AvgIpc) is 2.53. The molecule has 1 amide bonds. The fourth-order valence-corrected chi connectivity index (χ4v) is 2.52. The molecule has 0 bridgehead atoms. The summed E-state index contributed by atoms with van der Waals surface area (Å²) in [6, 6.07) is 5.18. The van der Waals surface area contributed by atoms with Gasteiger partial charge >= 0.3 is 0 Å². The minimum Gasteiger partial charge on any atom is -0.497 e. The topological polar surface area (TPSA) is 51.2 Å². The second-order valence-electron chi connectivity index (χ2n) is 5.54. The number of benzene rings is 1. The van der Waals surface area contributed by atoms with Crippen molar-refractivity contribution in [1.29, 1.82) is 0 Å². The lowest BCUT2D eigenvalue weighted by atomic mass is 10.1. The van der Waals surface area contributed by atoms with Crippen LogP contribution >= 0.6 is 0 Å². The maximum absolute atomic E-state index is 12.6. The first-order chi connectivity index (χ1) is 10.5. The molecular weight excluding hydrogens is 284 g/mol. The highest BCUT2D eigenvalue weighted by Gasteiger charge is 2.22. The Morgan fingerprint density at radius 2 is 1.95 bits per heavy atom. The number of ether oxygens (including phenoxy) is 3. The third-order valence-electron chi connectivity index (χ3n) is 3.76. The Morgan fingerprint density at radius 1 is 1.32 bits per heavy atom. The molecule has 6 heteroatoms. The first kappa shape index (κ1) is 16.6. The molecule has 1 saturated heterocycles. The number of morpholine rings is 1. The molecule has 122 valence electrons. The predicted octanol–water partition coefficient (Wildman–Crippen LogP) is 1.11. The predicted molar refractivity (Wildman–Crippen MR) is 83.7 cm³/mol. The van der Waals surface area contributed by atoms with Gasteiger partial charge in [-0.05, 0) is 19.2 Å². The molecule has 1 aliphatic rings. The Bertz CT molecular complexity index is 499. The van der Waals surface area contributed by atoms with Crippen LogP contribution < -0.4 is 9.47 Å². The van der Waals surface area contributed by atoms with Crippen molar-refractivity contribution in [1.82, 2.24) is 9.80 Å². The molecule has 1 aromatic rings. The Hall–Kier alpha value is -1.79. The van der Waals surface area contributed by atoms with Gasteiger partial charge in [-0.1, -0.05) is 0 Å². The van der Waals surface area contributed by atoms with Gasteiger partial charge < -0.3 is 24.0 Å². The number of nitrogens with zero attached hydrogens (tertiary/aromatic N) is 2. The van der Waals surface area contributed by atoms with Gasteiger partial charge in [0.2, 0.25) is 0 Å². The second-order valence-corrected chi connectivity index (χ2v) is 5.54. The lowest BCUT2D eigenvalue weighted by molar-refractivity contribution is -0.0301. The number of carbonyl (C=O) groups excluding carboxylic acids is 1. The van der Waals surface area contributed by atoms with Crippen LogP contribution in [-0.2, 0) is 4.74 Å². The molecule has 0 aliphatic carbocycles. The summed E-state index contributed by atoms with van der Waals surface area (Å²) in [6.07, 6.45) is 0.0419. The molecule has 1 aliphatic heterocycles. The monoisotopic (exact) mass is 308 g/mol. The van der Waals surface area contributed by atoms with E-state index in [1.54, 1.807) is 44.4 Å². The molecule has 6 nitrogen and oxygen atoms in total. The number of hydrogen-bond acceptors (Lipinski definition) is 5. The minimum atomic E-state index is -0.0750. The second kappa shape index (κ2) is 7.47.